The molecule has 1 atom stereocenters. The number of aromatic nitrogens is 1. The van der Waals surface area contributed by atoms with Gasteiger partial charge in [-0.1, -0.05) is 11.3 Å². The minimum atomic E-state index is -4.82. The quantitative estimate of drug-likeness (QED) is 0.515. The van der Waals surface area contributed by atoms with Crippen molar-refractivity contribution in [3.63, 3.8) is 0 Å². The molecule has 0 amide bonds. The first kappa shape index (κ1) is 20.9. The van der Waals surface area contributed by atoms with Crippen molar-refractivity contribution in [1.82, 2.24) is 4.98 Å². The molecule has 2 aliphatic heterocycles. The van der Waals surface area contributed by atoms with E-state index in [1.54, 1.807) is 4.90 Å². The minimum Gasteiger partial charge on any atom is -0.348 e. The van der Waals surface area contributed by atoms with Gasteiger partial charge in [-0.25, -0.2) is 0 Å². The van der Waals surface area contributed by atoms with Gasteiger partial charge in [0.2, 0.25) is 0 Å². The molecular weight excluding hydrogens is 427 g/mol. The highest BCUT2D eigenvalue weighted by Gasteiger charge is 2.43. The van der Waals surface area contributed by atoms with Crippen LogP contribution in [0.15, 0.2) is 10.9 Å². The number of hydrogen-bond donors (Lipinski definition) is 0. The number of rotatable bonds is 2. The second kappa shape index (κ2) is 7.13. The molecule has 2 aliphatic rings. The summed E-state index contributed by atoms with van der Waals surface area (Å²) in [5.74, 6) is -0.679. The predicted molar refractivity (Wildman–Crippen MR) is 103 cm³/mol. The van der Waals surface area contributed by atoms with E-state index in [1.165, 1.54) is 0 Å². The van der Waals surface area contributed by atoms with E-state index in [1.807, 2.05) is 6.92 Å². The van der Waals surface area contributed by atoms with Crippen LogP contribution < -0.4 is 10.5 Å². The molecule has 8 nitrogen and oxygen atoms in total. The van der Waals surface area contributed by atoms with Crippen LogP contribution in [0.25, 0.3) is 10.1 Å². The van der Waals surface area contributed by atoms with Gasteiger partial charge in [-0.2, -0.15) is 18.2 Å². The summed E-state index contributed by atoms with van der Waals surface area (Å²) < 4.78 is 51.5. The van der Waals surface area contributed by atoms with Crippen LogP contribution in [0.5, 0.6) is 0 Å². The molecule has 1 aromatic heterocycles. The Hall–Kier alpha value is -2.31. The van der Waals surface area contributed by atoms with Gasteiger partial charge in [0.05, 0.1) is 28.6 Å². The molecule has 30 heavy (non-hydrogen) atoms. The van der Waals surface area contributed by atoms with Crippen LogP contribution in [0.4, 0.5) is 24.0 Å². The normalized spacial score (nSPS) is 21.5. The van der Waals surface area contributed by atoms with Gasteiger partial charge < -0.3 is 14.4 Å². The standard InChI is InChI=1S/C18H18F3N3O5S/c1-9-8-28-17(29-9)3-5-23(6-4-17)16-22-15(25)11-7-12(18(19,20)21)10(2)13(24(26)27)14(11)30-16/h7,9H,3-6,8H2,1-2H3. The zero-order valence-corrected chi connectivity index (χ0v) is 16.9. The number of hydrogen-bond acceptors (Lipinski definition) is 8. The fraction of sp³-hybridized carbons (Fsp3) is 0.556. The number of benzene rings is 1. The zero-order chi connectivity index (χ0) is 21.8. The fourth-order valence-corrected chi connectivity index (χ4v) is 5.12. The fourth-order valence-electron chi connectivity index (χ4n) is 3.92. The molecule has 1 unspecified atom stereocenters. The van der Waals surface area contributed by atoms with Gasteiger partial charge in [0.25, 0.3) is 11.2 Å². The SMILES string of the molecule is Cc1c(C(F)(F)F)cc2c(=O)nc(N3CCC4(CC3)OCC(C)O4)sc2c1[N+](=O)[O-]. The Bertz CT molecular complexity index is 1080. The molecule has 12 heteroatoms. The summed E-state index contributed by atoms with van der Waals surface area (Å²) in [7, 11) is 0. The lowest BCUT2D eigenvalue weighted by atomic mass is 10.0. The second-order valence-electron chi connectivity index (χ2n) is 7.47. The first-order valence-corrected chi connectivity index (χ1v) is 10.1. The third-order valence-corrected chi connectivity index (χ3v) is 6.56. The Balaban J connectivity index is 1.76. The highest BCUT2D eigenvalue weighted by molar-refractivity contribution is 7.22. The maximum absolute atomic E-state index is 13.3. The Labute approximate surface area is 172 Å². The van der Waals surface area contributed by atoms with Gasteiger partial charge >= 0.3 is 6.18 Å². The number of nitro groups is 1. The van der Waals surface area contributed by atoms with Crippen LogP contribution in [0.2, 0.25) is 0 Å². The third kappa shape index (κ3) is 3.52. The number of fused-ring (bicyclic) bond motifs is 1. The van der Waals surface area contributed by atoms with E-state index in [-0.39, 0.29) is 15.9 Å². The topological polar surface area (TPSA) is 94.8 Å². The largest absolute Gasteiger partial charge is 0.416 e. The average molecular weight is 445 g/mol. The highest BCUT2D eigenvalue weighted by Crippen LogP contribution is 2.42. The van der Waals surface area contributed by atoms with E-state index in [2.05, 4.69) is 4.98 Å². The molecule has 3 heterocycles. The van der Waals surface area contributed by atoms with Crippen molar-refractivity contribution in [2.45, 2.75) is 44.8 Å². The average Bonchev–Trinajstić information content (AvgIpc) is 3.00. The van der Waals surface area contributed by atoms with Crippen molar-refractivity contribution < 1.29 is 27.6 Å². The third-order valence-electron chi connectivity index (χ3n) is 5.41. The van der Waals surface area contributed by atoms with Gasteiger partial charge in [0.1, 0.15) is 4.70 Å². The monoisotopic (exact) mass is 445 g/mol. The lowest BCUT2D eigenvalue weighted by Gasteiger charge is -2.38. The minimum absolute atomic E-state index is 0.0140. The molecule has 2 saturated heterocycles. The molecule has 1 aromatic carbocycles. The Morgan fingerprint density at radius 1 is 1.37 bits per heavy atom. The maximum atomic E-state index is 13.3. The number of alkyl halides is 3. The van der Waals surface area contributed by atoms with Crippen LogP contribution in [0, 0.1) is 17.0 Å². The van der Waals surface area contributed by atoms with E-state index < -0.39 is 44.6 Å². The molecule has 0 N–H and O–H groups in total. The number of anilines is 1. The smallest absolute Gasteiger partial charge is 0.348 e. The summed E-state index contributed by atoms with van der Waals surface area (Å²) in [6.07, 6.45) is -3.80. The van der Waals surface area contributed by atoms with E-state index in [9.17, 15) is 28.1 Å². The van der Waals surface area contributed by atoms with Gasteiger partial charge in [-0.15, -0.1) is 0 Å². The molecule has 1 spiro atoms. The molecular formula is C18H18F3N3O5S. The van der Waals surface area contributed by atoms with Crippen LogP contribution in [0.3, 0.4) is 0 Å². The van der Waals surface area contributed by atoms with E-state index in [0.29, 0.717) is 38.6 Å². The van der Waals surface area contributed by atoms with E-state index >= 15 is 0 Å². The second-order valence-corrected chi connectivity index (χ2v) is 8.45. The molecule has 2 fully saturated rings. The van der Waals surface area contributed by atoms with Gasteiger partial charge in [-0.05, 0) is 19.9 Å². The number of nitrogens with zero attached hydrogens (tertiary/aromatic N) is 3. The number of piperidine rings is 1. The zero-order valence-electron chi connectivity index (χ0n) is 16.1. The summed E-state index contributed by atoms with van der Waals surface area (Å²) in [6, 6.07) is 0.653. The summed E-state index contributed by atoms with van der Waals surface area (Å²) in [5.41, 5.74) is -3.36. The molecule has 0 radical (unpaired) electrons. The van der Waals surface area contributed by atoms with Crippen LogP contribution in [0.1, 0.15) is 30.9 Å². The van der Waals surface area contributed by atoms with Crippen molar-refractivity contribution in [1.29, 1.82) is 0 Å². The number of nitro benzene ring substituents is 1. The molecule has 162 valence electrons. The summed E-state index contributed by atoms with van der Waals surface area (Å²) in [6.45, 7) is 4.32. The Morgan fingerprint density at radius 2 is 2.03 bits per heavy atom. The molecule has 0 bridgehead atoms. The lowest BCUT2D eigenvalue weighted by molar-refractivity contribution is -0.383. The van der Waals surface area contributed by atoms with Gasteiger partial charge in [-0.3, -0.25) is 14.9 Å². The van der Waals surface area contributed by atoms with Crippen LogP contribution in [-0.4, -0.2) is 41.5 Å². The molecule has 0 aliphatic carbocycles. The van der Waals surface area contributed by atoms with Crippen LogP contribution in [-0.2, 0) is 15.7 Å². The van der Waals surface area contributed by atoms with Crippen molar-refractivity contribution in [3.05, 3.63) is 37.7 Å². The van der Waals surface area contributed by atoms with Gasteiger partial charge in [0.15, 0.2) is 10.9 Å². The molecule has 2 aromatic rings. The van der Waals surface area contributed by atoms with E-state index in [0.717, 1.165) is 18.3 Å². The first-order chi connectivity index (χ1) is 14.0. The Kier molecular flexibility index (Phi) is 4.98. The molecule has 0 saturated carbocycles. The van der Waals surface area contributed by atoms with Crippen molar-refractivity contribution in [2.75, 3.05) is 24.6 Å². The number of halogens is 3. The van der Waals surface area contributed by atoms with Crippen LogP contribution >= 0.6 is 11.3 Å². The van der Waals surface area contributed by atoms with Crippen molar-refractivity contribution in [3.8, 4) is 0 Å². The number of ether oxygens (including phenoxy) is 2. The van der Waals surface area contributed by atoms with E-state index in [4.69, 9.17) is 9.47 Å². The molecule has 4 rings (SSSR count). The Morgan fingerprint density at radius 3 is 2.57 bits per heavy atom. The van der Waals surface area contributed by atoms with Crippen molar-refractivity contribution >= 4 is 32.2 Å². The maximum Gasteiger partial charge on any atom is 0.416 e. The van der Waals surface area contributed by atoms with Gasteiger partial charge in [0, 0.05) is 31.5 Å². The highest BCUT2D eigenvalue weighted by atomic mass is 32.1. The first-order valence-electron chi connectivity index (χ1n) is 9.27. The lowest BCUT2D eigenvalue weighted by Crippen LogP contribution is -2.45. The summed E-state index contributed by atoms with van der Waals surface area (Å²) >= 11 is 0.852. The van der Waals surface area contributed by atoms with Crippen molar-refractivity contribution in [2.24, 2.45) is 0 Å². The predicted octanol–water partition coefficient (Wildman–Crippen LogP) is 3.62. The summed E-state index contributed by atoms with van der Waals surface area (Å²) in [5, 5.41) is 11.4. The summed E-state index contributed by atoms with van der Waals surface area (Å²) in [4.78, 5) is 29.0.